The molecule has 0 radical (unpaired) electrons. The van der Waals surface area contributed by atoms with Gasteiger partial charge in [0.1, 0.15) is 16.8 Å². The normalized spacial score (nSPS) is 12.8. The summed E-state index contributed by atoms with van der Waals surface area (Å²) in [6.45, 7) is 0.325. The molecule has 3 rings (SSSR count). The van der Waals surface area contributed by atoms with E-state index in [-0.39, 0.29) is 6.03 Å². The fraction of sp³-hybridized carbons (Fsp3) is 0.286. The van der Waals surface area contributed by atoms with Crippen LogP contribution >= 0.6 is 11.3 Å². The lowest BCUT2D eigenvalue weighted by atomic mass is 10.1. The summed E-state index contributed by atoms with van der Waals surface area (Å²) in [4.78, 5) is 13.1. The number of hydrogen-bond donors (Lipinski definition) is 2. The Morgan fingerprint density at radius 1 is 1.50 bits per heavy atom. The summed E-state index contributed by atoms with van der Waals surface area (Å²) in [5.74, 6) is 0.689. The molecule has 6 heteroatoms. The number of carbonyl (C=O) groups excluding carboxylic acids is 1. The number of hydrogen-bond acceptors (Lipinski definition) is 4. The Bertz CT molecular complexity index is 667. The van der Waals surface area contributed by atoms with E-state index >= 15 is 0 Å². The number of nitriles is 1. The highest BCUT2D eigenvalue weighted by Crippen LogP contribution is 2.38. The van der Waals surface area contributed by atoms with Crippen LogP contribution in [0.1, 0.15) is 28.2 Å². The largest absolute Gasteiger partial charge is 0.467 e. The van der Waals surface area contributed by atoms with Crippen LogP contribution in [0.15, 0.2) is 22.8 Å². The predicted molar refractivity (Wildman–Crippen MR) is 75.6 cm³/mol. The lowest BCUT2D eigenvalue weighted by molar-refractivity contribution is 0.251. The number of nitrogens with one attached hydrogen (secondary N) is 2. The van der Waals surface area contributed by atoms with Crippen LogP contribution in [0.4, 0.5) is 9.80 Å². The van der Waals surface area contributed by atoms with Crippen molar-refractivity contribution < 1.29 is 9.21 Å². The van der Waals surface area contributed by atoms with Gasteiger partial charge in [0.2, 0.25) is 0 Å². The number of furan rings is 1. The Hall–Kier alpha value is -2.26. The molecule has 5 nitrogen and oxygen atoms in total. The van der Waals surface area contributed by atoms with Gasteiger partial charge in [-0.3, -0.25) is 5.32 Å². The highest BCUT2D eigenvalue weighted by Gasteiger charge is 2.22. The van der Waals surface area contributed by atoms with Gasteiger partial charge >= 0.3 is 6.03 Å². The number of rotatable bonds is 3. The van der Waals surface area contributed by atoms with E-state index in [9.17, 15) is 10.1 Å². The summed E-state index contributed by atoms with van der Waals surface area (Å²) in [7, 11) is 0. The molecule has 0 unspecified atom stereocenters. The van der Waals surface area contributed by atoms with Gasteiger partial charge in [0.05, 0.1) is 18.4 Å². The van der Waals surface area contributed by atoms with Crippen LogP contribution in [0.25, 0.3) is 0 Å². The Labute approximate surface area is 120 Å². The molecule has 0 saturated heterocycles. The number of urea groups is 1. The Morgan fingerprint density at radius 3 is 3.15 bits per heavy atom. The second-order valence-corrected chi connectivity index (χ2v) is 5.67. The van der Waals surface area contributed by atoms with Gasteiger partial charge in [0, 0.05) is 4.88 Å². The summed E-state index contributed by atoms with van der Waals surface area (Å²) in [6.07, 6.45) is 4.60. The van der Waals surface area contributed by atoms with E-state index in [1.165, 1.54) is 16.2 Å². The van der Waals surface area contributed by atoms with Crippen molar-refractivity contribution in [3.05, 3.63) is 40.2 Å². The maximum absolute atomic E-state index is 11.8. The van der Waals surface area contributed by atoms with Gasteiger partial charge in [-0.2, -0.15) is 5.26 Å². The molecular formula is C14H13N3O2S. The summed E-state index contributed by atoms with van der Waals surface area (Å²) in [5, 5.41) is 15.3. The number of fused-ring (bicyclic) bond motifs is 1. The number of carbonyl (C=O) groups is 1. The van der Waals surface area contributed by atoms with Crippen LogP contribution in [0, 0.1) is 11.3 Å². The first-order valence-electron chi connectivity index (χ1n) is 6.40. The van der Waals surface area contributed by atoms with Crippen LogP contribution in [0.3, 0.4) is 0 Å². The lowest BCUT2D eigenvalue weighted by Gasteiger charge is -2.05. The van der Waals surface area contributed by atoms with E-state index < -0.39 is 0 Å². The number of thiophene rings is 1. The Morgan fingerprint density at radius 2 is 2.40 bits per heavy atom. The third-order valence-electron chi connectivity index (χ3n) is 3.26. The van der Waals surface area contributed by atoms with Crippen molar-refractivity contribution in [2.24, 2.45) is 0 Å². The fourth-order valence-electron chi connectivity index (χ4n) is 2.34. The van der Waals surface area contributed by atoms with Gasteiger partial charge in [0.15, 0.2) is 0 Å². The molecule has 0 atom stereocenters. The van der Waals surface area contributed by atoms with Gasteiger partial charge in [-0.1, -0.05) is 0 Å². The van der Waals surface area contributed by atoms with Gasteiger partial charge < -0.3 is 9.73 Å². The zero-order valence-corrected chi connectivity index (χ0v) is 11.5. The van der Waals surface area contributed by atoms with Crippen molar-refractivity contribution in [3.8, 4) is 6.07 Å². The molecule has 0 aliphatic heterocycles. The molecule has 0 aromatic carbocycles. The second-order valence-electron chi connectivity index (χ2n) is 4.56. The zero-order valence-electron chi connectivity index (χ0n) is 10.7. The highest BCUT2D eigenvalue weighted by atomic mass is 32.1. The highest BCUT2D eigenvalue weighted by molar-refractivity contribution is 7.16. The topological polar surface area (TPSA) is 78.1 Å². The van der Waals surface area contributed by atoms with Crippen molar-refractivity contribution in [3.63, 3.8) is 0 Å². The smallest absolute Gasteiger partial charge is 0.320 e. The molecule has 0 fully saturated rings. The quantitative estimate of drug-likeness (QED) is 0.910. The van der Waals surface area contributed by atoms with Gasteiger partial charge in [-0.05, 0) is 37.0 Å². The molecule has 0 saturated carbocycles. The van der Waals surface area contributed by atoms with Crippen LogP contribution in [-0.4, -0.2) is 6.03 Å². The molecule has 0 spiro atoms. The van der Waals surface area contributed by atoms with Crippen LogP contribution in [0.2, 0.25) is 0 Å². The minimum absolute atomic E-state index is 0.321. The third kappa shape index (κ3) is 2.40. The second kappa shape index (κ2) is 5.39. The summed E-state index contributed by atoms with van der Waals surface area (Å²) >= 11 is 1.51. The van der Waals surface area contributed by atoms with Crippen LogP contribution < -0.4 is 10.6 Å². The van der Waals surface area contributed by atoms with Crippen molar-refractivity contribution >= 4 is 22.4 Å². The molecule has 2 amide bonds. The fourth-order valence-corrected chi connectivity index (χ4v) is 3.57. The third-order valence-corrected chi connectivity index (χ3v) is 4.47. The molecule has 2 N–H and O–H groups in total. The van der Waals surface area contributed by atoms with Crippen molar-refractivity contribution in [1.29, 1.82) is 5.26 Å². The predicted octanol–water partition coefficient (Wildman–Crippen LogP) is 3.02. The van der Waals surface area contributed by atoms with E-state index in [1.54, 1.807) is 18.4 Å². The van der Waals surface area contributed by atoms with Crippen molar-refractivity contribution in [2.75, 3.05) is 5.32 Å². The van der Waals surface area contributed by atoms with E-state index in [0.29, 0.717) is 22.9 Å². The molecule has 0 bridgehead atoms. The van der Waals surface area contributed by atoms with Crippen molar-refractivity contribution in [2.45, 2.75) is 25.8 Å². The SMILES string of the molecule is N#Cc1c(NC(=O)NCc2ccco2)sc2c1CCC2. The molecular weight excluding hydrogens is 274 g/mol. The Balaban J connectivity index is 1.66. The first-order valence-corrected chi connectivity index (χ1v) is 7.21. The summed E-state index contributed by atoms with van der Waals surface area (Å²) in [5.41, 5.74) is 1.73. The van der Waals surface area contributed by atoms with E-state index in [4.69, 9.17) is 4.42 Å². The van der Waals surface area contributed by atoms with Crippen LogP contribution in [-0.2, 0) is 19.4 Å². The summed E-state index contributed by atoms with van der Waals surface area (Å²) < 4.78 is 5.14. The first kappa shape index (κ1) is 12.8. The molecule has 2 aromatic rings. The zero-order chi connectivity index (χ0) is 13.9. The number of nitrogens with zero attached hydrogens (tertiary/aromatic N) is 1. The van der Waals surface area contributed by atoms with E-state index in [1.807, 2.05) is 0 Å². The molecule has 2 heterocycles. The lowest BCUT2D eigenvalue weighted by Crippen LogP contribution is -2.27. The Kier molecular flexibility index (Phi) is 3.44. The molecule has 1 aliphatic rings. The van der Waals surface area contributed by atoms with E-state index in [2.05, 4.69) is 16.7 Å². The average Bonchev–Trinajstić information content (AvgIpc) is 3.12. The molecule has 2 aromatic heterocycles. The molecule has 102 valence electrons. The van der Waals surface area contributed by atoms with Crippen LogP contribution in [0.5, 0.6) is 0 Å². The minimum atomic E-state index is -0.321. The van der Waals surface area contributed by atoms with Gasteiger partial charge in [0.25, 0.3) is 0 Å². The minimum Gasteiger partial charge on any atom is -0.467 e. The maximum Gasteiger partial charge on any atom is 0.320 e. The number of amides is 2. The number of aryl methyl sites for hydroxylation is 1. The average molecular weight is 287 g/mol. The maximum atomic E-state index is 11.8. The molecule has 20 heavy (non-hydrogen) atoms. The van der Waals surface area contributed by atoms with Gasteiger partial charge in [-0.15, -0.1) is 11.3 Å². The first-order chi connectivity index (χ1) is 9.78. The summed E-state index contributed by atoms with van der Waals surface area (Å²) in [6, 6.07) is 5.44. The monoisotopic (exact) mass is 287 g/mol. The molecule has 1 aliphatic carbocycles. The van der Waals surface area contributed by atoms with Gasteiger partial charge in [-0.25, -0.2) is 4.79 Å². The van der Waals surface area contributed by atoms with E-state index in [0.717, 1.165) is 24.8 Å². The van der Waals surface area contributed by atoms with Crippen molar-refractivity contribution in [1.82, 2.24) is 5.32 Å². The number of anilines is 1. The standard InChI is InChI=1S/C14H13N3O2S/c15-7-11-10-4-1-5-12(10)20-13(11)17-14(18)16-8-9-3-2-6-19-9/h2-3,6H,1,4-5,8H2,(H2,16,17,18).